The fraction of sp³-hybridized carbons (Fsp3) is 0.909. The van der Waals surface area contributed by atoms with E-state index < -0.39 is 0 Å². The zero-order chi connectivity index (χ0) is 10.6. The maximum atomic E-state index is 11.5. The quantitative estimate of drug-likeness (QED) is 0.740. The van der Waals surface area contributed by atoms with E-state index in [0.717, 1.165) is 18.8 Å². The highest BCUT2D eigenvalue weighted by atomic mass is 16.2. The van der Waals surface area contributed by atoms with E-state index in [1.54, 1.807) is 0 Å². The van der Waals surface area contributed by atoms with Crippen LogP contribution >= 0.6 is 0 Å². The van der Waals surface area contributed by atoms with Crippen LogP contribution in [0.15, 0.2) is 0 Å². The predicted octanol–water partition coefficient (Wildman–Crippen LogP) is 1.24. The van der Waals surface area contributed by atoms with Crippen LogP contribution < -0.4 is 5.32 Å². The lowest BCUT2D eigenvalue weighted by Gasteiger charge is -2.27. The molecule has 3 nitrogen and oxygen atoms in total. The number of amides is 1. The summed E-state index contributed by atoms with van der Waals surface area (Å²) in [6, 6.07) is 0.422. The first kappa shape index (κ1) is 11.5. The second-order valence-corrected chi connectivity index (χ2v) is 4.77. The van der Waals surface area contributed by atoms with E-state index in [1.807, 2.05) is 19.0 Å². The van der Waals surface area contributed by atoms with E-state index >= 15 is 0 Å². The highest BCUT2D eigenvalue weighted by Gasteiger charge is 2.20. The first-order chi connectivity index (χ1) is 6.58. The molecule has 1 rings (SSSR count). The molecule has 1 aliphatic rings. The molecule has 3 heteroatoms. The minimum absolute atomic E-state index is 0.161. The van der Waals surface area contributed by atoms with Crippen LogP contribution in [0.4, 0.5) is 0 Å². The molecule has 0 aromatic heterocycles. The van der Waals surface area contributed by atoms with Crippen molar-refractivity contribution in [2.24, 2.45) is 5.92 Å². The van der Waals surface area contributed by atoms with Gasteiger partial charge in [-0.2, -0.15) is 0 Å². The number of likely N-dealkylation sites (N-methyl/N-ethyl adjacent to an activating group) is 1. The molecule has 2 atom stereocenters. The lowest BCUT2D eigenvalue weighted by atomic mass is 9.87. The van der Waals surface area contributed by atoms with Gasteiger partial charge in [-0.25, -0.2) is 0 Å². The van der Waals surface area contributed by atoms with Crippen molar-refractivity contribution in [2.75, 3.05) is 20.6 Å². The third kappa shape index (κ3) is 4.09. The lowest BCUT2D eigenvalue weighted by Crippen LogP contribution is -2.42. The third-order valence-corrected chi connectivity index (χ3v) is 2.76. The number of carbonyl (C=O) groups is 1. The summed E-state index contributed by atoms with van der Waals surface area (Å²) >= 11 is 0. The van der Waals surface area contributed by atoms with Crippen LogP contribution in [0.3, 0.4) is 0 Å². The molecule has 0 aliphatic heterocycles. The molecule has 1 saturated carbocycles. The van der Waals surface area contributed by atoms with E-state index in [9.17, 15) is 4.79 Å². The van der Waals surface area contributed by atoms with Crippen LogP contribution in [0.5, 0.6) is 0 Å². The van der Waals surface area contributed by atoms with Gasteiger partial charge in [-0.1, -0.05) is 19.8 Å². The van der Waals surface area contributed by atoms with Gasteiger partial charge in [0.25, 0.3) is 0 Å². The molecule has 1 aliphatic carbocycles. The van der Waals surface area contributed by atoms with Gasteiger partial charge in [0.1, 0.15) is 0 Å². The van der Waals surface area contributed by atoms with Gasteiger partial charge in [0.15, 0.2) is 0 Å². The molecule has 0 heterocycles. The monoisotopic (exact) mass is 198 g/mol. The molecule has 1 N–H and O–H groups in total. The number of nitrogens with one attached hydrogen (secondary N) is 1. The lowest BCUT2D eigenvalue weighted by molar-refractivity contribution is -0.122. The number of carbonyl (C=O) groups excluding carboxylic acids is 1. The molecule has 0 aromatic rings. The molecule has 0 spiro atoms. The van der Waals surface area contributed by atoms with Gasteiger partial charge < -0.3 is 10.2 Å². The molecular weight excluding hydrogens is 176 g/mol. The first-order valence-corrected chi connectivity index (χ1v) is 5.52. The summed E-state index contributed by atoms with van der Waals surface area (Å²) in [5.74, 6) is 0.933. The summed E-state index contributed by atoms with van der Waals surface area (Å²) in [5, 5.41) is 3.10. The molecule has 1 amide bonds. The van der Waals surface area contributed by atoms with Crippen LogP contribution in [-0.2, 0) is 4.79 Å². The van der Waals surface area contributed by atoms with Crippen molar-refractivity contribution < 1.29 is 4.79 Å². The smallest absolute Gasteiger partial charge is 0.234 e. The Bertz CT molecular complexity index is 192. The Kier molecular flexibility index (Phi) is 4.39. The molecule has 14 heavy (non-hydrogen) atoms. The van der Waals surface area contributed by atoms with Crippen LogP contribution in [0.2, 0.25) is 0 Å². The molecule has 0 unspecified atom stereocenters. The second kappa shape index (κ2) is 5.35. The Hall–Kier alpha value is -0.570. The maximum Gasteiger partial charge on any atom is 0.234 e. The van der Waals surface area contributed by atoms with Crippen molar-refractivity contribution in [2.45, 2.75) is 38.6 Å². The standard InChI is InChI=1S/C11H22N2O/c1-9-5-4-6-10(7-9)12-11(14)8-13(2)3/h9-10H,4-8H2,1-3H3,(H,12,14)/t9-,10+/m1/s1. The van der Waals surface area contributed by atoms with Crippen molar-refractivity contribution in [3.05, 3.63) is 0 Å². The molecule has 82 valence electrons. The minimum atomic E-state index is 0.161. The average Bonchev–Trinajstić information content (AvgIpc) is 2.01. The molecule has 0 saturated heterocycles. The predicted molar refractivity (Wildman–Crippen MR) is 58.1 cm³/mol. The number of rotatable bonds is 3. The zero-order valence-corrected chi connectivity index (χ0v) is 9.55. The third-order valence-electron chi connectivity index (χ3n) is 2.76. The Balaban J connectivity index is 2.25. The summed E-state index contributed by atoms with van der Waals surface area (Å²) in [6.07, 6.45) is 4.89. The van der Waals surface area contributed by atoms with Crippen LogP contribution in [0, 0.1) is 5.92 Å². The van der Waals surface area contributed by atoms with Crippen molar-refractivity contribution >= 4 is 5.91 Å². The number of hydrogen-bond donors (Lipinski definition) is 1. The summed E-state index contributed by atoms with van der Waals surface area (Å²) in [7, 11) is 3.84. The fourth-order valence-electron chi connectivity index (χ4n) is 2.13. The molecule has 0 aromatic carbocycles. The SMILES string of the molecule is C[C@@H]1CCC[C@H](NC(=O)CN(C)C)C1. The summed E-state index contributed by atoms with van der Waals surface area (Å²) in [5.41, 5.74) is 0. The molecule has 1 fully saturated rings. The Morgan fingerprint density at radius 2 is 2.14 bits per heavy atom. The van der Waals surface area contributed by atoms with Gasteiger partial charge in [0.2, 0.25) is 5.91 Å². The van der Waals surface area contributed by atoms with Crippen LogP contribution in [-0.4, -0.2) is 37.5 Å². The van der Waals surface area contributed by atoms with Gasteiger partial charge in [0, 0.05) is 6.04 Å². The Labute approximate surface area is 86.9 Å². The topological polar surface area (TPSA) is 32.3 Å². The normalized spacial score (nSPS) is 27.7. The van der Waals surface area contributed by atoms with Gasteiger partial charge in [-0.15, -0.1) is 0 Å². The van der Waals surface area contributed by atoms with Gasteiger partial charge in [-0.3, -0.25) is 4.79 Å². The van der Waals surface area contributed by atoms with Crippen LogP contribution in [0.25, 0.3) is 0 Å². The van der Waals surface area contributed by atoms with Crippen molar-refractivity contribution in [1.82, 2.24) is 10.2 Å². The Morgan fingerprint density at radius 1 is 1.43 bits per heavy atom. The second-order valence-electron chi connectivity index (χ2n) is 4.77. The highest BCUT2D eigenvalue weighted by molar-refractivity contribution is 5.78. The summed E-state index contributed by atoms with van der Waals surface area (Å²) in [6.45, 7) is 2.77. The van der Waals surface area contributed by atoms with E-state index in [4.69, 9.17) is 0 Å². The molecule has 0 bridgehead atoms. The van der Waals surface area contributed by atoms with E-state index in [0.29, 0.717) is 12.6 Å². The fourth-order valence-corrected chi connectivity index (χ4v) is 2.13. The number of nitrogens with zero attached hydrogens (tertiary/aromatic N) is 1. The first-order valence-electron chi connectivity index (χ1n) is 5.52. The van der Waals surface area contributed by atoms with Gasteiger partial charge in [0.05, 0.1) is 6.54 Å². The van der Waals surface area contributed by atoms with Crippen molar-refractivity contribution in [3.8, 4) is 0 Å². The highest BCUT2D eigenvalue weighted by Crippen LogP contribution is 2.23. The van der Waals surface area contributed by atoms with Crippen molar-refractivity contribution in [3.63, 3.8) is 0 Å². The minimum Gasteiger partial charge on any atom is -0.352 e. The van der Waals surface area contributed by atoms with Crippen LogP contribution in [0.1, 0.15) is 32.6 Å². The van der Waals surface area contributed by atoms with E-state index in [1.165, 1.54) is 12.8 Å². The molecular formula is C11H22N2O. The summed E-state index contributed by atoms with van der Waals surface area (Å²) in [4.78, 5) is 13.4. The van der Waals surface area contributed by atoms with E-state index in [-0.39, 0.29) is 5.91 Å². The number of hydrogen-bond acceptors (Lipinski definition) is 2. The van der Waals surface area contributed by atoms with Gasteiger partial charge in [-0.05, 0) is 32.9 Å². The van der Waals surface area contributed by atoms with Gasteiger partial charge >= 0.3 is 0 Å². The Morgan fingerprint density at radius 3 is 2.71 bits per heavy atom. The maximum absolute atomic E-state index is 11.5. The summed E-state index contributed by atoms with van der Waals surface area (Å²) < 4.78 is 0. The largest absolute Gasteiger partial charge is 0.352 e. The average molecular weight is 198 g/mol. The zero-order valence-electron chi connectivity index (χ0n) is 9.55. The molecule has 0 radical (unpaired) electrons. The van der Waals surface area contributed by atoms with E-state index in [2.05, 4.69) is 12.2 Å². The van der Waals surface area contributed by atoms with Crippen molar-refractivity contribution in [1.29, 1.82) is 0 Å².